The van der Waals surface area contributed by atoms with Crippen LogP contribution in [0.15, 0.2) is 47.4 Å². The number of amides is 1. The lowest BCUT2D eigenvalue weighted by Gasteiger charge is -2.34. The van der Waals surface area contributed by atoms with Crippen LogP contribution in [0, 0.1) is 11.6 Å². The fraction of sp³-hybridized carbons (Fsp3) is 0.286. The average Bonchev–Trinajstić information content (AvgIpc) is 3.13. The Balaban J connectivity index is 1.56. The highest BCUT2D eigenvalue weighted by Gasteiger charge is 2.33. The first-order chi connectivity index (χ1) is 14.8. The second-order valence-electron chi connectivity index (χ2n) is 7.08. The van der Waals surface area contributed by atoms with Gasteiger partial charge in [0.1, 0.15) is 16.5 Å². The van der Waals surface area contributed by atoms with Gasteiger partial charge < -0.3 is 9.64 Å². The predicted molar refractivity (Wildman–Crippen MR) is 114 cm³/mol. The number of carbonyl (C=O) groups excluding carboxylic acids is 1. The molecule has 1 aliphatic heterocycles. The molecule has 1 aromatic heterocycles. The Hall–Kier alpha value is -2.40. The van der Waals surface area contributed by atoms with Gasteiger partial charge in [0.15, 0.2) is 0 Å². The van der Waals surface area contributed by atoms with E-state index in [1.165, 1.54) is 51.9 Å². The van der Waals surface area contributed by atoms with E-state index in [1.807, 2.05) is 0 Å². The van der Waals surface area contributed by atoms with Crippen molar-refractivity contribution >= 4 is 37.4 Å². The third kappa shape index (κ3) is 3.96. The summed E-state index contributed by atoms with van der Waals surface area (Å²) in [5.74, 6) is -1.52. The van der Waals surface area contributed by atoms with Gasteiger partial charge in [-0.05, 0) is 24.3 Å². The highest BCUT2D eigenvalue weighted by molar-refractivity contribution is 7.89. The molecule has 2 aromatic carbocycles. The molecule has 1 saturated heterocycles. The number of fused-ring (bicyclic) bond motifs is 1. The maximum absolute atomic E-state index is 14.4. The molecular weight excluding hydrogens is 446 g/mol. The smallest absolute Gasteiger partial charge is 0.264 e. The van der Waals surface area contributed by atoms with Crippen LogP contribution in [0.5, 0.6) is 0 Å². The number of carbonyl (C=O) groups is 1. The highest BCUT2D eigenvalue weighted by atomic mass is 32.2. The molecule has 1 amide bonds. The summed E-state index contributed by atoms with van der Waals surface area (Å²) < 4.78 is 61.0. The molecule has 2 heterocycles. The molecule has 0 spiro atoms. The average molecular weight is 467 g/mol. The fourth-order valence-electron chi connectivity index (χ4n) is 3.69. The molecule has 0 saturated carbocycles. The number of sulfonamides is 1. The number of benzene rings is 2. The topological polar surface area (TPSA) is 66.9 Å². The normalized spacial score (nSPS) is 15.5. The van der Waals surface area contributed by atoms with Crippen molar-refractivity contribution < 1.29 is 26.7 Å². The molecule has 1 aliphatic rings. The summed E-state index contributed by atoms with van der Waals surface area (Å²) in [5, 5.41) is 0.374. The summed E-state index contributed by atoms with van der Waals surface area (Å²) in [6.45, 7) is 0.470. The standard InChI is InChI=1S/C21H20F2N2O4S2/c1-29-13-14-19-16(23)6-4-7-17(19)30-20(14)21(26)24-9-11-25(12-10-24)31(27,28)18-8-3-2-5-15(18)22/h2-8H,9-13H2,1H3. The van der Waals surface area contributed by atoms with Gasteiger partial charge in [0.05, 0.1) is 11.5 Å². The number of thiophene rings is 1. The van der Waals surface area contributed by atoms with Crippen LogP contribution in [0.2, 0.25) is 0 Å². The van der Waals surface area contributed by atoms with Crippen LogP contribution in [-0.2, 0) is 21.4 Å². The van der Waals surface area contributed by atoms with Gasteiger partial charge in [0, 0.05) is 48.9 Å². The van der Waals surface area contributed by atoms with Gasteiger partial charge >= 0.3 is 0 Å². The SMILES string of the molecule is COCc1c(C(=O)N2CCN(S(=O)(=O)c3ccccc3F)CC2)sc2cccc(F)c12. The molecule has 1 fully saturated rings. The number of halogens is 2. The van der Waals surface area contributed by atoms with Crippen LogP contribution in [0.3, 0.4) is 0 Å². The lowest BCUT2D eigenvalue weighted by molar-refractivity contribution is 0.0698. The molecule has 0 atom stereocenters. The van der Waals surface area contributed by atoms with Crippen molar-refractivity contribution in [3.63, 3.8) is 0 Å². The van der Waals surface area contributed by atoms with Gasteiger partial charge in [-0.3, -0.25) is 4.79 Å². The van der Waals surface area contributed by atoms with E-state index in [0.717, 1.165) is 6.07 Å². The second-order valence-corrected chi connectivity index (χ2v) is 10.0. The Morgan fingerprint density at radius 1 is 1.03 bits per heavy atom. The zero-order chi connectivity index (χ0) is 22.2. The van der Waals surface area contributed by atoms with Crippen molar-refractivity contribution in [1.29, 1.82) is 0 Å². The molecule has 6 nitrogen and oxygen atoms in total. The number of hydrogen-bond donors (Lipinski definition) is 0. The Bertz CT molecular complexity index is 1240. The minimum atomic E-state index is -4.00. The number of rotatable bonds is 5. The van der Waals surface area contributed by atoms with Crippen LogP contribution in [-0.4, -0.2) is 56.8 Å². The van der Waals surface area contributed by atoms with Crippen LogP contribution in [0.4, 0.5) is 8.78 Å². The van der Waals surface area contributed by atoms with Crippen molar-refractivity contribution in [2.24, 2.45) is 0 Å². The largest absolute Gasteiger partial charge is 0.380 e. The molecule has 0 aliphatic carbocycles. The minimum Gasteiger partial charge on any atom is -0.380 e. The third-order valence-corrected chi connectivity index (χ3v) is 8.34. The number of piperazine rings is 1. The van der Waals surface area contributed by atoms with Crippen LogP contribution in [0.25, 0.3) is 10.1 Å². The summed E-state index contributed by atoms with van der Waals surface area (Å²) in [6, 6.07) is 9.90. The Kier molecular flexibility index (Phi) is 6.07. The van der Waals surface area contributed by atoms with Gasteiger partial charge in [0.2, 0.25) is 10.0 Å². The number of methoxy groups -OCH3 is 1. The van der Waals surface area contributed by atoms with Crippen LogP contribution >= 0.6 is 11.3 Å². The second kappa shape index (κ2) is 8.62. The van der Waals surface area contributed by atoms with E-state index in [9.17, 15) is 22.0 Å². The summed E-state index contributed by atoms with van der Waals surface area (Å²) in [7, 11) is -2.52. The zero-order valence-electron chi connectivity index (χ0n) is 16.7. The molecule has 4 rings (SSSR count). The summed E-state index contributed by atoms with van der Waals surface area (Å²) >= 11 is 1.19. The Labute approximate surface area is 182 Å². The maximum atomic E-state index is 14.4. The molecule has 164 valence electrons. The van der Waals surface area contributed by atoms with Crippen LogP contribution in [0.1, 0.15) is 15.2 Å². The van der Waals surface area contributed by atoms with Crippen molar-refractivity contribution in [1.82, 2.24) is 9.21 Å². The first-order valence-electron chi connectivity index (χ1n) is 9.57. The first kappa shape index (κ1) is 21.8. The number of hydrogen-bond acceptors (Lipinski definition) is 5. The monoisotopic (exact) mass is 466 g/mol. The summed E-state index contributed by atoms with van der Waals surface area (Å²) in [6.07, 6.45) is 0. The first-order valence-corrected chi connectivity index (χ1v) is 11.8. The number of nitrogens with zero attached hydrogens (tertiary/aromatic N) is 2. The van der Waals surface area contributed by atoms with E-state index in [-0.39, 0.29) is 43.6 Å². The quantitative estimate of drug-likeness (QED) is 0.578. The zero-order valence-corrected chi connectivity index (χ0v) is 18.3. The lowest BCUT2D eigenvalue weighted by atomic mass is 10.1. The predicted octanol–water partition coefficient (Wildman–Crippen LogP) is 3.47. The fourth-order valence-corrected chi connectivity index (χ4v) is 6.37. The molecule has 0 radical (unpaired) electrons. The Morgan fingerprint density at radius 3 is 2.39 bits per heavy atom. The Morgan fingerprint density at radius 2 is 1.71 bits per heavy atom. The third-order valence-electron chi connectivity index (χ3n) is 5.23. The highest BCUT2D eigenvalue weighted by Crippen LogP contribution is 2.35. The molecule has 0 bridgehead atoms. The number of ether oxygens (including phenoxy) is 1. The minimum absolute atomic E-state index is 0.0429. The van der Waals surface area contributed by atoms with Crippen molar-refractivity contribution in [3.05, 3.63) is 64.5 Å². The van der Waals surface area contributed by atoms with Gasteiger partial charge in [-0.1, -0.05) is 18.2 Å². The molecule has 3 aromatic rings. The summed E-state index contributed by atoms with van der Waals surface area (Å²) in [4.78, 5) is 14.7. The maximum Gasteiger partial charge on any atom is 0.264 e. The van der Waals surface area contributed by atoms with E-state index in [0.29, 0.717) is 20.5 Å². The van der Waals surface area contributed by atoms with Gasteiger partial charge in [0.25, 0.3) is 5.91 Å². The van der Waals surface area contributed by atoms with E-state index < -0.39 is 21.7 Å². The van der Waals surface area contributed by atoms with Gasteiger partial charge in [-0.15, -0.1) is 11.3 Å². The van der Waals surface area contributed by atoms with Gasteiger partial charge in [-0.2, -0.15) is 4.31 Å². The molecule has 10 heteroatoms. The van der Waals surface area contributed by atoms with E-state index in [1.54, 1.807) is 12.1 Å². The van der Waals surface area contributed by atoms with Crippen molar-refractivity contribution in [3.8, 4) is 0 Å². The van der Waals surface area contributed by atoms with E-state index in [4.69, 9.17) is 4.74 Å². The van der Waals surface area contributed by atoms with Crippen molar-refractivity contribution in [2.45, 2.75) is 11.5 Å². The summed E-state index contributed by atoms with van der Waals surface area (Å²) in [5.41, 5.74) is 0.493. The molecular formula is C21H20F2N2O4S2. The van der Waals surface area contributed by atoms with Crippen LogP contribution < -0.4 is 0 Å². The van der Waals surface area contributed by atoms with Gasteiger partial charge in [-0.25, -0.2) is 17.2 Å². The molecule has 31 heavy (non-hydrogen) atoms. The van der Waals surface area contributed by atoms with E-state index >= 15 is 0 Å². The molecule has 0 N–H and O–H groups in total. The lowest BCUT2D eigenvalue weighted by Crippen LogP contribution is -2.50. The molecule has 0 unspecified atom stereocenters. The van der Waals surface area contributed by atoms with E-state index in [2.05, 4.69) is 0 Å². The van der Waals surface area contributed by atoms with Crippen molar-refractivity contribution in [2.75, 3.05) is 33.3 Å².